The predicted octanol–water partition coefficient (Wildman–Crippen LogP) is 2.72. The summed E-state index contributed by atoms with van der Waals surface area (Å²) in [5.41, 5.74) is 1.76. The Morgan fingerprint density at radius 2 is 1.65 bits per heavy atom. The average molecular weight is 351 g/mol. The lowest BCUT2D eigenvalue weighted by Gasteiger charge is -2.19. The van der Waals surface area contributed by atoms with Crippen LogP contribution in [0.4, 0.5) is 0 Å². The van der Waals surface area contributed by atoms with Crippen LogP contribution in [-0.4, -0.2) is 22.4 Å². The normalized spacial score (nSPS) is 25.6. The van der Waals surface area contributed by atoms with E-state index in [1.165, 1.54) is 12.1 Å². The maximum absolute atomic E-state index is 12.8. The molecule has 2 aromatic carbocycles. The number of nitrogens with zero attached hydrogens (tertiary/aromatic N) is 1. The smallest absolute Gasteiger partial charge is 0.256 e. The Labute approximate surface area is 138 Å². The minimum Gasteiger partial charge on any atom is -0.267 e. The molecule has 1 saturated heterocycles. The zero-order valence-corrected chi connectivity index (χ0v) is 14.4. The number of sulfonamides is 1. The molecular weight excluding hydrogens is 334 g/mol. The topological polar surface area (TPSA) is 63.7 Å². The third-order valence-corrected chi connectivity index (χ3v) is 7.41. The molecule has 0 amide bonds. The summed E-state index contributed by atoms with van der Waals surface area (Å²) in [6.45, 7) is 3.58. The van der Waals surface area contributed by atoms with Gasteiger partial charge in [-0.15, -0.1) is 0 Å². The van der Waals surface area contributed by atoms with E-state index >= 15 is 0 Å². The fourth-order valence-corrected chi connectivity index (χ4v) is 5.70. The van der Waals surface area contributed by atoms with Crippen molar-refractivity contribution in [1.29, 1.82) is 0 Å². The van der Waals surface area contributed by atoms with Crippen molar-refractivity contribution in [3.63, 3.8) is 0 Å². The Bertz CT molecular complexity index is 819. The highest BCUT2D eigenvalue weighted by atomic mass is 32.3. The van der Waals surface area contributed by atoms with Crippen molar-refractivity contribution < 1.29 is 16.8 Å². The third-order valence-electron chi connectivity index (χ3n) is 3.79. The van der Waals surface area contributed by atoms with Crippen molar-refractivity contribution in [2.75, 3.05) is 0 Å². The monoisotopic (exact) mass is 351 g/mol. The zero-order chi connectivity index (χ0) is 16.6. The average Bonchev–Trinajstić information content (AvgIpc) is 2.84. The molecule has 122 valence electrons. The van der Waals surface area contributed by atoms with Gasteiger partial charge in [-0.05, 0) is 31.5 Å². The number of hydrogen-bond acceptors (Lipinski definition) is 4. The van der Waals surface area contributed by atoms with E-state index in [0.717, 1.165) is 14.8 Å². The second-order valence-corrected chi connectivity index (χ2v) is 8.52. The summed E-state index contributed by atoms with van der Waals surface area (Å²) in [4.78, 5) is 0.112. The molecule has 23 heavy (non-hydrogen) atoms. The molecular formula is C16H17NO4S2. The summed E-state index contributed by atoms with van der Waals surface area (Å²) in [6, 6.07) is 15.1. The predicted molar refractivity (Wildman–Crippen MR) is 88.1 cm³/mol. The Balaban J connectivity index is 1.96. The van der Waals surface area contributed by atoms with Crippen LogP contribution in [0.25, 0.3) is 0 Å². The minimum absolute atomic E-state index is 0.112. The second-order valence-electron chi connectivity index (χ2n) is 5.46. The van der Waals surface area contributed by atoms with E-state index in [0.29, 0.717) is 0 Å². The van der Waals surface area contributed by atoms with Crippen molar-refractivity contribution >= 4 is 21.3 Å². The van der Waals surface area contributed by atoms with E-state index in [1.54, 1.807) is 19.1 Å². The summed E-state index contributed by atoms with van der Waals surface area (Å²) in [5.74, 6) is 0. The van der Waals surface area contributed by atoms with Crippen LogP contribution in [-0.2, 0) is 25.5 Å². The van der Waals surface area contributed by atoms with Gasteiger partial charge in [0.05, 0.1) is 10.9 Å². The molecule has 0 unspecified atom stereocenters. The molecule has 1 aliphatic rings. The van der Waals surface area contributed by atoms with Crippen LogP contribution in [0.1, 0.15) is 24.2 Å². The maximum atomic E-state index is 12.8. The Kier molecular flexibility index (Phi) is 4.37. The summed E-state index contributed by atoms with van der Waals surface area (Å²) >= 11 is -2.05. The van der Waals surface area contributed by atoms with Crippen molar-refractivity contribution in [2.45, 2.75) is 30.9 Å². The molecule has 1 aliphatic heterocycles. The van der Waals surface area contributed by atoms with Crippen molar-refractivity contribution in [1.82, 2.24) is 3.71 Å². The van der Waals surface area contributed by atoms with Crippen molar-refractivity contribution in [3.8, 4) is 0 Å². The van der Waals surface area contributed by atoms with E-state index in [1.807, 2.05) is 37.3 Å². The quantitative estimate of drug-likeness (QED) is 0.853. The first-order valence-corrected chi connectivity index (χ1v) is 9.63. The second kappa shape index (κ2) is 6.16. The fourth-order valence-electron chi connectivity index (χ4n) is 2.55. The Morgan fingerprint density at radius 3 is 2.26 bits per heavy atom. The molecule has 5 nitrogen and oxygen atoms in total. The van der Waals surface area contributed by atoms with E-state index in [2.05, 4.69) is 0 Å². The number of benzene rings is 2. The van der Waals surface area contributed by atoms with Gasteiger partial charge in [0, 0.05) is 0 Å². The molecule has 7 heteroatoms. The van der Waals surface area contributed by atoms with Gasteiger partial charge in [0.2, 0.25) is 0 Å². The standard InChI is InChI=1S/C16H17NO4S2/c1-12-8-10-15(11-9-12)23(19,20)17-13(2)16(21-22(17)18)14-6-4-3-5-7-14/h3-11,13,16H,1-2H3/t13-,16-,22-/m1/s1. The van der Waals surface area contributed by atoms with Crippen LogP contribution < -0.4 is 0 Å². The van der Waals surface area contributed by atoms with Crippen molar-refractivity contribution in [2.24, 2.45) is 0 Å². The number of hydrogen-bond donors (Lipinski definition) is 0. The van der Waals surface area contributed by atoms with Crippen LogP contribution in [0.3, 0.4) is 0 Å². The molecule has 3 atom stereocenters. The molecule has 0 N–H and O–H groups in total. The van der Waals surface area contributed by atoms with Crippen LogP contribution in [0.5, 0.6) is 0 Å². The summed E-state index contributed by atoms with van der Waals surface area (Å²) < 4.78 is 44.2. The molecule has 2 aromatic rings. The molecule has 0 spiro atoms. The third kappa shape index (κ3) is 2.97. The molecule has 0 aromatic heterocycles. The fraction of sp³-hybridized carbons (Fsp3) is 0.250. The first kappa shape index (κ1) is 16.3. The van der Waals surface area contributed by atoms with Gasteiger partial charge >= 0.3 is 0 Å². The maximum Gasteiger partial charge on any atom is 0.256 e. The summed E-state index contributed by atoms with van der Waals surface area (Å²) in [7, 11) is -3.89. The lowest BCUT2D eigenvalue weighted by Crippen LogP contribution is -2.35. The molecule has 1 heterocycles. The van der Waals surface area contributed by atoms with E-state index in [9.17, 15) is 12.6 Å². The van der Waals surface area contributed by atoms with Gasteiger partial charge in [-0.25, -0.2) is 12.6 Å². The first-order chi connectivity index (χ1) is 10.9. The highest BCUT2D eigenvalue weighted by Gasteiger charge is 2.46. The lowest BCUT2D eigenvalue weighted by atomic mass is 10.0. The van der Waals surface area contributed by atoms with Gasteiger partial charge < -0.3 is 0 Å². The van der Waals surface area contributed by atoms with Gasteiger partial charge in [0.1, 0.15) is 6.10 Å². The first-order valence-electron chi connectivity index (χ1n) is 7.16. The number of aryl methyl sites for hydroxylation is 1. The zero-order valence-electron chi connectivity index (χ0n) is 12.7. The molecule has 1 fully saturated rings. The number of rotatable bonds is 3. The van der Waals surface area contributed by atoms with E-state index in [-0.39, 0.29) is 4.90 Å². The highest BCUT2D eigenvalue weighted by Crippen LogP contribution is 2.37. The van der Waals surface area contributed by atoms with Gasteiger partial charge in [-0.1, -0.05) is 51.7 Å². The lowest BCUT2D eigenvalue weighted by molar-refractivity contribution is 0.226. The molecule has 0 radical (unpaired) electrons. The van der Waals surface area contributed by atoms with Crippen LogP contribution >= 0.6 is 0 Å². The Hall–Kier alpha value is -1.54. The highest BCUT2D eigenvalue weighted by molar-refractivity contribution is 7.99. The van der Waals surface area contributed by atoms with Gasteiger partial charge in [0.25, 0.3) is 21.3 Å². The minimum atomic E-state index is -3.89. The molecule has 0 saturated carbocycles. The molecule has 3 rings (SSSR count). The molecule has 0 aliphatic carbocycles. The summed E-state index contributed by atoms with van der Waals surface area (Å²) in [6.07, 6.45) is -0.558. The van der Waals surface area contributed by atoms with Crippen LogP contribution in [0.15, 0.2) is 59.5 Å². The summed E-state index contributed by atoms with van der Waals surface area (Å²) in [5, 5.41) is 0. The largest absolute Gasteiger partial charge is 0.267 e. The van der Waals surface area contributed by atoms with Gasteiger partial charge in [-0.2, -0.15) is 0 Å². The Morgan fingerprint density at radius 1 is 1.04 bits per heavy atom. The van der Waals surface area contributed by atoms with E-state index < -0.39 is 33.4 Å². The van der Waals surface area contributed by atoms with Gasteiger partial charge in [0.15, 0.2) is 0 Å². The SMILES string of the molecule is Cc1ccc(S(=O)(=O)N2[C@H](C)[C@H](c3ccccc3)O[S@]2=O)cc1. The molecule has 0 bridgehead atoms. The van der Waals surface area contributed by atoms with Crippen LogP contribution in [0.2, 0.25) is 0 Å². The van der Waals surface area contributed by atoms with Crippen molar-refractivity contribution in [3.05, 3.63) is 65.7 Å². The van der Waals surface area contributed by atoms with Gasteiger partial charge in [-0.3, -0.25) is 4.18 Å². The van der Waals surface area contributed by atoms with Crippen LogP contribution in [0, 0.1) is 6.92 Å². The van der Waals surface area contributed by atoms with E-state index in [4.69, 9.17) is 4.18 Å².